The molecule has 0 heterocycles. The second kappa shape index (κ2) is 8.71. The minimum absolute atomic E-state index is 0.0489. The largest absolute Gasteiger partial charge is 0.506 e. The van der Waals surface area contributed by atoms with Gasteiger partial charge in [0, 0.05) is 5.56 Å². The molecule has 0 unspecified atom stereocenters. The zero-order valence-electron chi connectivity index (χ0n) is 14.9. The van der Waals surface area contributed by atoms with Crippen molar-refractivity contribution in [3.05, 3.63) is 48.0 Å². The summed E-state index contributed by atoms with van der Waals surface area (Å²) in [5, 5.41) is 12.4. The van der Waals surface area contributed by atoms with Gasteiger partial charge < -0.3 is 15.2 Å². The molecule has 0 aliphatic carbocycles. The molecule has 2 aromatic rings. The molecule has 2 aromatic carbocycles. The molecule has 0 saturated carbocycles. The highest BCUT2D eigenvalue weighted by Gasteiger charge is 2.16. The van der Waals surface area contributed by atoms with E-state index in [1.54, 1.807) is 24.3 Å². The smallest absolute Gasteiger partial charge is 0.255 e. The molecule has 2 N–H and O–H groups in total. The minimum Gasteiger partial charge on any atom is -0.506 e. The number of unbranched alkanes of at least 4 members (excludes halogenated alkanes) is 1. The van der Waals surface area contributed by atoms with Gasteiger partial charge in [-0.15, -0.1) is 0 Å². The van der Waals surface area contributed by atoms with E-state index in [0.29, 0.717) is 17.9 Å². The molecule has 0 radical (unpaired) electrons. The average Bonchev–Trinajstić information content (AvgIpc) is 2.64. The zero-order valence-corrected chi connectivity index (χ0v) is 15.7. The van der Waals surface area contributed by atoms with Crippen molar-refractivity contribution >= 4 is 21.4 Å². The lowest BCUT2D eigenvalue weighted by atomic mass is 10.2. The van der Waals surface area contributed by atoms with Crippen LogP contribution in [0.5, 0.6) is 11.5 Å². The van der Waals surface area contributed by atoms with Crippen LogP contribution in [-0.4, -0.2) is 31.8 Å². The SMILES string of the molecule is CCCCOc1ccc(C(=O)Nc2cc(S(=O)(=O)CC)ccc2O)cc1. The molecule has 7 heteroatoms. The number of anilines is 1. The second-order valence-corrected chi connectivity index (χ2v) is 8.04. The van der Waals surface area contributed by atoms with Crippen LogP contribution in [-0.2, 0) is 9.84 Å². The number of amides is 1. The third kappa shape index (κ3) is 4.98. The standard InChI is InChI=1S/C19H23NO5S/c1-3-5-12-25-15-8-6-14(7-9-15)19(22)20-17-13-16(10-11-18(17)21)26(23,24)4-2/h6-11,13,21H,3-5,12H2,1-2H3,(H,20,22). The monoisotopic (exact) mass is 377 g/mol. The maximum Gasteiger partial charge on any atom is 0.255 e. The number of carbonyl (C=O) groups is 1. The molecule has 0 atom stereocenters. The number of sulfone groups is 1. The van der Waals surface area contributed by atoms with E-state index in [9.17, 15) is 18.3 Å². The maximum absolute atomic E-state index is 12.4. The molecular weight excluding hydrogens is 354 g/mol. The van der Waals surface area contributed by atoms with Crippen molar-refractivity contribution in [2.45, 2.75) is 31.6 Å². The first-order chi connectivity index (χ1) is 12.4. The predicted molar refractivity (Wildman–Crippen MR) is 101 cm³/mol. The van der Waals surface area contributed by atoms with Gasteiger partial charge in [0.15, 0.2) is 9.84 Å². The van der Waals surface area contributed by atoms with Gasteiger partial charge in [0.1, 0.15) is 11.5 Å². The highest BCUT2D eigenvalue weighted by Crippen LogP contribution is 2.27. The Morgan fingerprint density at radius 3 is 2.42 bits per heavy atom. The Bertz CT molecular complexity index is 860. The number of hydrogen-bond donors (Lipinski definition) is 2. The van der Waals surface area contributed by atoms with Crippen molar-refractivity contribution in [3.8, 4) is 11.5 Å². The summed E-state index contributed by atoms with van der Waals surface area (Å²) in [6, 6.07) is 10.4. The molecule has 26 heavy (non-hydrogen) atoms. The molecule has 140 valence electrons. The first kappa shape index (κ1) is 19.8. The molecule has 0 aliphatic rings. The van der Waals surface area contributed by atoms with Crippen molar-refractivity contribution < 1.29 is 23.1 Å². The van der Waals surface area contributed by atoms with E-state index in [1.165, 1.54) is 25.1 Å². The quantitative estimate of drug-likeness (QED) is 0.541. The van der Waals surface area contributed by atoms with Crippen molar-refractivity contribution in [2.24, 2.45) is 0 Å². The molecule has 6 nitrogen and oxygen atoms in total. The molecule has 2 rings (SSSR count). The van der Waals surface area contributed by atoms with E-state index in [4.69, 9.17) is 4.74 Å². The van der Waals surface area contributed by atoms with E-state index in [0.717, 1.165) is 12.8 Å². The number of carbonyl (C=O) groups excluding carboxylic acids is 1. The Morgan fingerprint density at radius 1 is 1.12 bits per heavy atom. The lowest BCUT2D eigenvalue weighted by Gasteiger charge is -2.10. The van der Waals surface area contributed by atoms with Crippen molar-refractivity contribution in [1.29, 1.82) is 0 Å². The van der Waals surface area contributed by atoms with Crippen LogP contribution in [0.25, 0.3) is 0 Å². The van der Waals surface area contributed by atoms with Gasteiger partial charge in [-0.25, -0.2) is 8.42 Å². The van der Waals surface area contributed by atoms with Gasteiger partial charge in [-0.2, -0.15) is 0 Å². The summed E-state index contributed by atoms with van der Waals surface area (Å²) in [5.74, 6) is -0.0433. The summed E-state index contributed by atoms with van der Waals surface area (Å²) < 4.78 is 29.5. The summed E-state index contributed by atoms with van der Waals surface area (Å²) >= 11 is 0. The number of ether oxygens (including phenoxy) is 1. The summed E-state index contributed by atoms with van der Waals surface area (Å²) in [5.41, 5.74) is 0.420. The summed E-state index contributed by atoms with van der Waals surface area (Å²) in [6.07, 6.45) is 2.00. The molecule has 0 fully saturated rings. The van der Waals surface area contributed by atoms with Gasteiger partial charge >= 0.3 is 0 Å². The Hall–Kier alpha value is -2.54. The van der Waals surface area contributed by atoms with Crippen LogP contribution in [0.3, 0.4) is 0 Å². The first-order valence-electron chi connectivity index (χ1n) is 8.47. The minimum atomic E-state index is -3.43. The zero-order chi connectivity index (χ0) is 19.2. The highest BCUT2D eigenvalue weighted by atomic mass is 32.2. The van der Waals surface area contributed by atoms with Crippen LogP contribution in [0.1, 0.15) is 37.0 Å². The fourth-order valence-corrected chi connectivity index (χ4v) is 3.11. The number of aromatic hydroxyl groups is 1. The predicted octanol–water partition coefficient (Wildman–Crippen LogP) is 3.62. The van der Waals surface area contributed by atoms with Crippen LogP contribution >= 0.6 is 0 Å². The Morgan fingerprint density at radius 2 is 1.81 bits per heavy atom. The molecule has 0 aliphatic heterocycles. The molecule has 0 spiro atoms. The Balaban J connectivity index is 2.13. The molecule has 0 aromatic heterocycles. The van der Waals surface area contributed by atoms with Crippen LogP contribution < -0.4 is 10.1 Å². The fraction of sp³-hybridized carbons (Fsp3) is 0.316. The normalized spacial score (nSPS) is 11.2. The third-order valence-corrected chi connectivity index (χ3v) is 5.57. The average molecular weight is 377 g/mol. The highest BCUT2D eigenvalue weighted by molar-refractivity contribution is 7.91. The topological polar surface area (TPSA) is 92.7 Å². The van der Waals surface area contributed by atoms with Crippen molar-refractivity contribution in [2.75, 3.05) is 17.7 Å². The lowest BCUT2D eigenvalue weighted by molar-refractivity contribution is 0.102. The van der Waals surface area contributed by atoms with Gasteiger partial charge in [0.05, 0.1) is 22.9 Å². The Kier molecular flexibility index (Phi) is 6.63. The van der Waals surface area contributed by atoms with E-state index >= 15 is 0 Å². The maximum atomic E-state index is 12.4. The molecule has 0 saturated heterocycles. The van der Waals surface area contributed by atoms with E-state index < -0.39 is 15.7 Å². The van der Waals surface area contributed by atoms with Gasteiger partial charge in [0.25, 0.3) is 5.91 Å². The van der Waals surface area contributed by atoms with Crippen molar-refractivity contribution in [3.63, 3.8) is 0 Å². The number of nitrogens with one attached hydrogen (secondary N) is 1. The summed E-state index contributed by atoms with van der Waals surface area (Å²) in [7, 11) is -3.43. The number of benzene rings is 2. The first-order valence-corrected chi connectivity index (χ1v) is 10.1. The number of phenolic OH excluding ortho intramolecular Hbond substituents is 1. The van der Waals surface area contributed by atoms with Crippen LogP contribution in [0.4, 0.5) is 5.69 Å². The van der Waals surface area contributed by atoms with Gasteiger partial charge in [-0.3, -0.25) is 4.79 Å². The van der Waals surface area contributed by atoms with Crippen molar-refractivity contribution in [1.82, 2.24) is 0 Å². The van der Waals surface area contributed by atoms with Crippen LogP contribution in [0, 0.1) is 0 Å². The van der Waals surface area contributed by atoms with E-state index in [-0.39, 0.29) is 22.1 Å². The summed E-state index contributed by atoms with van der Waals surface area (Å²) in [6.45, 7) is 4.23. The van der Waals surface area contributed by atoms with Gasteiger partial charge in [-0.1, -0.05) is 20.3 Å². The van der Waals surface area contributed by atoms with Gasteiger partial charge in [-0.05, 0) is 48.9 Å². The van der Waals surface area contributed by atoms with E-state index in [2.05, 4.69) is 12.2 Å². The lowest BCUT2D eigenvalue weighted by Crippen LogP contribution is -2.13. The molecule has 1 amide bonds. The second-order valence-electron chi connectivity index (χ2n) is 5.76. The third-order valence-electron chi connectivity index (χ3n) is 3.84. The number of phenols is 1. The fourth-order valence-electron chi connectivity index (χ4n) is 2.21. The van der Waals surface area contributed by atoms with Crippen LogP contribution in [0.15, 0.2) is 47.4 Å². The number of hydrogen-bond acceptors (Lipinski definition) is 5. The summed E-state index contributed by atoms with van der Waals surface area (Å²) in [4.78, 5) is 12.4. The molecule has 0 bridgehead atoms. The number of rotatable bonds is 8. The van der Waals surface area contributed by atoms with Gasteiger partial charge in [0.2, 0.25) is 0 Å². The van der Waals surface area contributed by atoms with Crippen LogP contribution in [0.2, 0.25) is 0 Å². The molecular formula is C19H23NO5S. The Labute approximate surface area is 153 Å². The van der Waals surface area contributed by atoms with E-state index in [1.807, 2.05) is 0 Å².